The van der Waals surface area contributed by atoms with Gasteiger partial charge in [-0.3, -0.25) is 9.69 Å². The number of carbonyl (C=O) groups is 1. The molecule has 0 saturated carbocycles. The lowest BCUT2D eigenvalue weighted by Crippen LogP contribution is -2.49. The Morgan fingerprint density at radius 3 is 2.32 bits per heavy atom. The van der Waals surface area contributed by atoms with Gasteiger partial charge < -0.3 is 0 Å². The van der Waals surface area contributed by atoms with Crippen LogP contribution >= 0.6 is 20.7 Å². The Morgan fingerprint density at radius 1 is 1.12 bits per heavy atom. The van der Waals surface area contributed by atoms with Crippen molar-refractivity contribution in [1.82, 2.24) is 9.97 Å². The Kier molecular flexibility index (Phi) is 7.19. The molecule has 0 aliphatic carbocycles. The van der Waals surface area contributed by atoms with Crippen LogP contribution in [0.5, 0.6) is 0 Å². The monoisotopic (exact) mass is 617 g/mol. The van der Waals surface area contributed by atoms with Gasteiger partial charge in [-0.25, -0.2) is 18.4 Å². The molecular weight excluding hydrogens is 596 g/mol. The minimum atomic E-state index is -4.70. The molecule has 3 rings (SSSR count). The van der Waals surface area contributed by atoms with Crippen molar-refractivity contribution in [3.63, 3.8) is 0 Å². The molecule has 0 radical (unpaired) electrons. The Labute approximate surface area is 203 Å². The van der Waals surface area contributed by atoms with Crippen molar-refractivity contribution in [3.8, 4) is 0 Å². The number of rotatable bonds is 6. The molecule has 1 fully saturated rings. The number of hydrogen-bond acceptors (Lipinski definition) is 5. The molecule has 2 aromatic rings. The number of alkyl halides is 6. The molecule has 186 valence electrons. The van der Waals surface area contributed by atoms with Crippen molar-refractivity contribution in [2.24, 2.45) is 5.92 Å². The van der Waals surface area contributed by atoms with E-state index < -0.39 is 73.4 Å². The van der Waals surface area contributed by atoms with E-state index in [1.54, 1.807) is 0 Å². The van der Waals surface area contributed by atoms with Gasteiger partial charge in [-0.15, -0.1) is 0 Å². The molecule has 34 heavy (non-hydrogen) atoms. The van der Waals surface area contributed by atoms with Crippen LogP contribution in [0, 0.1) is 5.92 Å². The SMILES string of the molecule is C=IC(F)(F)c1cnc(N2CC[C@H](C(C)(C)S(=O)(=O)c3cccc(C(F)(F)F)c3)CC2=O)cn1. The molecule has 1 atom stereocenters. The van der Waals surface area contributed by atoms with Crippen LogP contribution in [0.15, 0.2) is 41.6 Å². The summed E-state index contributed by atoms with van der Waals surface area (Å²) in [6.45, 7) is 2.82. The summed E-state index contributed by atoms with van der Waals surface area (Å²) in [5.74, 6) is -1.12. The fraction of sp³-hybridized carbons (Fsp3) is 0.429. The lowest BCUT2D eigenvalue weighted by atomic mass is 9.85. The second-order valence-corrected chi connectivity index (χ2v) is 12.9. The lowest BCUT2D eigenvalue weighted by Gasteiger charge is -2.39. The molecule has 1 aromatic heterocycles. The molecule has 1 saturated heterocycles. The molecule has 13 heteroatoms. The van der Waals surface area contributed by atoms with E-state index in [1.807, 2.05) is 0 Å². The van der Waals surface area contributed by atoms with Crippen LogP contribution in [-0.4, -0.2) is 40.1 Å². The highest BCUT2D eigenvalue weighted by Gasteiger charge is 2.46. The van der Waals surface area contributed by atoms with Crippen LogP contribution in [0.25, 0.3) is 0 Å². The van der Waals surface area contributed by atoms with Gasteiger partial charge in [0.2, 0.25) is 5.91 Å². The minimum Gasteiger partial charge on any atom is -0.296 e. The van der Waals surface area contributed by atoms with Crippen LogP contribution in [0.3, 0.4) is 0 Å². The maximum Gasteiger partial charge on any atom is 0.416 e. The first-order chi connectivity index (χ1) is 15.6. The summed E-state index contributed by atoms with van der Waals surface area (Å²) in [5.41, 5.74) is -1.61. The zero-order valence-electron chi connectivity index (χ0n) is 18.1. The van der Waals surface area contributed by atoms with Crippen molar-refractivity contribution in [1.29, 1.82) is 0 Å². The number of sulfone groups is 1. The molecule has 0 unspecified atom stereocenters. The van der Waals surface area contributed by atoms with E-state index >= 15 is 0 Å². The Balaban J connectivity index is 1.81. The number of piperidine rings is 1. The predicted molar refractivity (Wildman–Crippen MR) is 125 cm³/mol. The molecule has 0 bridgehead atoms. The molecule has 6 nitrogen and oxygen atoms in total. The number of anilines is 1. The van der Waals surface area contributed by atoms with Crippen molar-refractivity contribution >= 4 is 46.8 Å². The first kappa shape index (κ1) is 26.6. The summed E-state index contributed by atoms with van der Waals surface area (Å²) in [6.07, 6.45) is -2.75. The van der Waals surface area contributed by atoms with E-state index in [0.29, 0.717) is 6.07 Å². The van der Waals surface area contributed by atoms with Crippen LogP contribution in [0.1, 0.15) is 37.9 Å². The number of hydrogen-bond donors (Lipinski definition) is 0. The first-order valence-electron chi connectivity index (χ1n) is 9.93. The molecule has 1 amide bonds. The number of carbonyl (C=O) groups excluding carboxylic acids is 1. The topological polar surface area (TPSA) is 80.2 Å². The lowest BCUT2D eigenvalue weighted by molar-refractivity contribution is -0.137. The summed E-state index contributed by atoms with van der Waals surface area (Å²) >= 11 is -1.70. The number of benzene rings is 1. The average Bonchev–Trinajstić information content (AvgIpc) is 2.78. The van der Waals surface area contributed by atoms with Gasteiger partial charge in [-0.1, -0.05) is 10.6 Å². The molecule has 0 N–H and O–H groups in total. The molecule has 1 aliphatic rings. The molecule has 0 spiro atoms. The standard InChI is InChI=1S/C21H21F5IN3O3S/c1-19(2,34(32,33)15-6-4-5-14(9-15)20(22,23)24)13-7-8-30(18(31)10-13)17-12-28-16(11-29-17)21(25,26)27-3/h4-6,9,11-13H,3,7-8,10H2,1-2H3/t13-/m0/s1. The van der Waals surface area contributed by atoms with E-state index in [1.165, 1.54) is 18.7 Å². The number of halogens is 6. The van der Waals surface area contributed by atoms with Gasteiger partial charge in [0, 0.05) is 13.0 Å². The molecule has 2 heterocycles. The van der Waals surface area contributed by atoms with Gasteiger partial charge in [0.15, 0.2) is 15.7 Å². The van der Waals surface area contributed by atoms with Gasteiger partial charge in [0.05, 0.1) is 27.6 Å². The molecule has 1 aliphatic heterocycles. The van der Waals surface area contributed by atoms with Crippen molar-refractivity contribution in [3.05, 3.63) is 47.9 Å². The smallest absolute Gasteiger partial charge is 0.296 e. The Bertz CT molecular complexity index is 1200. The van der Waals surface area contributed by atoms with Gasteiger partial charge in [-0.05, 0) is 65.1 Å². The third kappa shape index (κ3) is 4.99. The van der Waals surface area contributed by atoms with Crippen LogP contribution in [0.4, 0.5) is 27.8 Å². The van der Waals surface area contributed by atoms with Gasteiger partial charge >= 0.3 is 10.1 Å². The highest BCUT2D eigenvalue weighted by atomic mass is 127. The predicted octanol–water partition coefficient (Wildman–Crippen LogP) is 4.94. The highest BCUT2D eigenvalue weighted by molar-refractivity contribution is 14.2. The van der Waals surface area contributed by atoms with E-state index in [0.717, 1.165) is 30.6 Å². The normalized spacial score (nSPS) is 18.3. The van der Waals surface area contributed by atoms with Crippen LogP contribution < -0.4 is 4.90 Å². The van der Waals surface area contributed by atoms with Crippen LogP contribution in [0.2, 0.25) is 0 Å². The zero-order chi connectivity index (χ0) is 25.5. The van der Waals surface area contributed by atoms with Gasteiger partial charge in [0.25, 0.3) is 0 Å². The third-order valence-corrected chi connectivity index (χ3v) is 10.0. The van der Waals surface area contributed by atoms with Gasteiger partial charge in [0.1, 0.15) is 5.69 Å². The summed E-state index contributed by atoms with van der Waals surface area (Å²) in [4.78, 5) is 21.2. The number of aromatic nitrogens is 2. The zero-order valence-corrected chi connectivity index (χ0v) is 21.1. The maximum absolute atomic E-state index is 13.7. The maximum atomic E-state index is 13.7. The van der Waals surface area contributed by atoms with Crippen molar-refractivity contribution < 1.29 is 35.2 Å². The third-order valence-electron chi connectivity index (χ3n) is 5.94. The van der Waals surface area contributed by atoms with Gasteiger partial charge in [-0.2, -0.15) is 22.0 Å². The average molecular weight is 617 g/mol. The fourth-order valence-corrected chi connectivity index (χ4v) is 6.16. The summed E-state index contributed by atoms with van der Waals surface area (Å²) in [7, 11) is -4.24. The summed E-state index contributed by atoms with van der Waals surface area (Å²) < 4.78 is 91.8. The van der Waals surface area contributed by atoms with E-state index in [2.05, 4.69) is 14.5 Å². The Hall–Kier alpha value is -2.03. The fourth-order valence-electron chi connectivity index (χ4n) is 3.71. The van der Waals surface area contributed by atoms with E-state index in [4.69, 9.17) is 0 Å². The molecule has 1 aromatic carbocycles. The quantitative estimate of drug-likeness (QED) is 0.261. The number of amides is 1. The molecular formula is C21H21F5IN3O3S. The van der Waals surface area contributed by atoms with Crippen molar-refractivity contribution in [2.75, 3.05) is 11.4 Å². The van der Waals surface area contributed by atoms with E-state index in [-0.39, 0.29) is 25.2 Å². The first-order valence-corrected chi connectivity index (χ1v) is 14.0. The second kappa shape index (κ2) is 9.21. The largest absolute Gasteiger partial charge is 0.416 e. The summed E-state index contributed by atoms with van der Waals surface area (Å²) in [5, 5.41) is 0. The second-order valence-electron chi connectivity index (χ2n) is 8.26. The Morgan fingerprint density at radius 2 is 1.79 bits per heavy atom. The minimum absolute atomic E-state index is 0.0533. The highest BCUT2D eigenvalue weighted by Crippen LogP contribution is 2.41. The van der Waals surface area contributed by atoms with Crippen molar-refractivity contribution in [2.45, 2.75) is 46.4 Å². The van der Waals surface area contributed by atoms with E-state index in [9.17, 15) is 35.2 Å². The number of nitrogens with zero attached hydrogens (tertiary/aromatic N) is 3. The summed E-state index contributed by atoms with van der Waals surface area (Å²) in [6, 6.07) is 3.51. The van der Waals surface area contributed by atoms with Crippen LogP contribution in [-0.2, 0) is 24.7 Å².